The lowest BCUT2D eigenvalue weighted by Crippen LogP contribution is -2.54. The highest BCUT2D eigenvalue weighted by Crippen LogP contribution is 2.51. The number of ether oxygens (including phenoxy) is 2. The molecule has 3 rings (SSSR count). The summed E-state index contributed by atoms with van der Waals surface area (Å²) in [6.45, 7) is 10.8. The average molecular weight is 411 g/mol. The Morgan fingerprint density at radius 1 is 1.17 bits per heavy atom. The van der Waals surface area contributed by atoms with Gasteiger partial charge in [-0.3, -0.25) is 10.1 Å². The largest absolute Gasteiger partial charge is 0.586 e. The number of carbonyl (C=O) groups is 1. The number of carbonyl (C=O) groups excluding carboxylic acids is 1. The molecule has 0 aromatic heterocycles. The predicted octanol–water partition coefficient (Wildman–Crippen LogP) is 4.70. The first-order valence-electron chi connectivity index (χ1n) is 10.5. The molecule has 162 valence electrons. The van der Waals surface area contributed by atoms with Gasteiger partial charge in [0, 0.05) is 6.04 Å². The smallest absolute Gasteiger partial charge is 0.395 e. The van der Waals surface area contributed by atoms with Crippen LogP contribution < -0.4 is 20.1 Å². The fourth-order valence-corrected chi connectivity index (χ4v) is 3.87. The summed E-state index contributed by atoms with van der Waals surface area (Å²) in [5, 5.41) is 6.75. The summed E-state index contributed by atoms with van der Waals surface area (Å²) in [6.07, 6.45) is 0.409. The Hall–Kier alpha value is -1.89. The monoisotopic (exact) mass is 410 g/mol. The Labute approximate surface area is 171 Å². The van der Waals surface area contributed by atoms with Crippen molar-refractivity contribution in [2.75, 3.05) is 0 Å². The molecule has 29 heavy (non-hydrogen) atoms. The number of amides is 1. The first-order valence-corrected chi connectivity index (χ1v) is 10.5. The average Bonchev–Trinajstić information content (AvgIpc) is 3.36. The van der Waals surface area contributed by atoms with Crippen molar-refractivity contribution in [3.05, 3.63) is 23.8 Å². The molecule has 7 heteroatoms. The maximum atomic E-state index is 13.3. The summed E-state index contributed by atoms with van der Waals surface area (Å²) in [5.41, 5.74) is 0.0762. The fourth-order valence-electron chi connectivity index (χ4n) is 3.87. The zero-order chi connectivity index (χ0) is 21.4. The van der Waals surface area contributed by atoms with Gasteiger partial charge in [-0.1, -0.05) is 47.1 Å². The molecule has 1 saturated carbocycles. The van der Waals surface area contributed by atoms with Gasteiger partial charge in [0.1, 0.15) is 0 Å². The van der Waals surface area contributed by atoms with Gasteiger partial charge in [0.2, 0.25) is 5.91 Å². The minimum atomic E-state index is -3.65. The third-order valence-corrected chi connectivity index (χ3v) is 5.88. The maximum Gasteiger partial charge on any atom is 0.586 e. The molecule has 0 bridgehead atoms. The Morgan fingerprint density at radius 2 is 1.83 bits per heavy atom. The second kappa shape index (κ2) is 7.74. The summed E-state index contributed by atoms with van der Waals surface area (Å²) < 4.78 is 35.6. The van der Waals surface area contributed by atoms with Crippen molar-refractivity contribution in [2.45, 2.75) is 90.6 Å². The van der Waals surface area contributed by atoms with Crippen LogP contribution in [0, 0.1) is 5.41 Å². The molecule has 1 fully saturated rings. The molecule has 0 saturated heterocycles. The second-order valence-electron chi connectivity index (χ2n) is 9.22. The SMILES string of the molecule is CCCC(NC(CC)NC(=O)C1(c2ccc3c(c2)OC(F)(F)O3)CC1)C(C)(C)C. The highest BCUT2D eigenvalue weighted by Gasteiger charge is 2.53. The lowest BCUT2D eigenvalue weighted by Gasteiger charge is -2.35. The van der Waals surface area contributed by atoms with Crippen molar-refractivity contribution in [2.24, 2.45) is 5.41 Å². The van der Waals surface area contributed by atoms with Gasteiger partial charge >= 0.3 is 6.29 Å². The molecule has 0 radical (unpaired) electrons. The zero-order valence-electron chi connectivity index (χ0n) is 17.9. The van der Waals surface area contributed by atoms with E-state index in [1.165, 1.54) is 12.1 Å². The molecular weight excluding hydrogens is 378 g/mol. The molecule has 2 atom stereocenters. The number of halogens is 2. The minimum absolute atomic E-state index is 0.00403. The van der Waals surface area contributed by atoms with E-state index in [2.05, 4.69) is 47.8 Å². The van der Waals surface area contributed by atoms with Crippen LogP contribution >= 0.6 is 0 Å². The molecule has 0 spiro atoms. The number of hydrogen-bond acceptors (Lipinski definition) is 4. The van der Waals surface area contributed by atoms with Gasteiger partial charge in [0.05, 0.1) is 11.6 Å². The van der Waals surface area contributed by atoms with Crippen molar-refractivity contribution >= 4 is 5.91 Å². The minimum Gasteiger partial charge on any atom is -0.395 e. The number of rotatable bonds is 8. The van der Waals surface area contributed by atoms with Gasteiger partial charge in [-0.05, 0) is 48.8 Å². The lowest BCUT2D eigenvalue weighted by molar-refractivity contribution is -0.286. The number of fused-ring (bicyclic) bond motifs is 1. The van der Waals surface area contributed by atoms with E-state index in [0.29, 0.717) is 18.4 Å². The maximum absolute atomic E-state index is 13.3. The van der Waals surface area contributed by atoms with Gasteiger partial charge in [0.25, 0.3) is 0 Å². The van der Waals surface area contributed by atoms with E-state index in [4.69, 9.17) is 0 Å². The zero-order valence-corrected chi connectivity index (χ0v) is 17.9. The third kappa shape index (κ3) is 4.65. The number of alkyl halides is 2. The van der Waals surface area contributed by atoms with E-state index in [0.717, 1.165) is 19.3 Å². The van der Waals surface area contributed by atoms with E-state index in [9.17, 15) is 13.6 Å². The highest BCUT2D eigenvalue weighted by molar-refractivity contribution is 5.91. The van der Waals surface area contributed by atoms with Crippen LogP contribution in [0.1, 0.15) is 72.3 Å². The Bertz CT molecular complexity index is 757. The number of nitrogens with one attached hydrogen (secondary N) is 2. The van der Waals surface area contributed by atoms with Gasteiger partial charge in [-0.25, -0.2) is 0 Å². The van der Waals surface area contributed by atoms with Crippen LogP contribution in [0.5, 0.6) is 11.5 Å². The van der Waals surface area contributed by atoms with Crippen LogP contribution in [0.15, 0.2) is 18.2 Å². The molecule has 1 heterocycles. The first kappa shape index (κ1) is 21.8. The van der Waals surface area contributed by atoms with E-state index in [1.54, 1.807) is 6.07 Å². The summed E-state index contributed by atoms with van der Waals surface area (Å²) in [6, 6.07) is 4.91. The molecule has 5 nitrogen and oxygen atoms in total. The summed E-state index contributed by atoms with van der Waals surface area (Å²) in [5.74, 6) is -0.102. The predicted molar refractivity (Wildman–Crippen MR) is 107 cm³/mol. The third-order valence-electron chi connectivity index (χ3n) is 5.88. The Balaban J connectivity index is 1.71. The number of hydrogen-bond donors (Lipinski definition) is 2. The van der Waals surface area contributed by atoms with Crippen molar-refractivity contribution in [3.63, 3.8) is 0 Å². The van der Waals surface area contributed by atoms with Crippen molar-refractivity contribution in [3.8, 4) is 11.5 Å². The van der Waals surface area contributed by atoms with Crippen LogP contribution in [-0.2, 0) is 10.2 Å². The molecule has 1 aromatic carbocycles. The summed E-state index contributed by atoms with van der Waals surface area (Å²) >= 11 is 0. The van der Waals surface area contributed by atoms with Crippen LogP contribution in [0.2, 0.25) is 0 Å². The first-order chi connectivity index (χ1) is 13.5. The highest BCUT2D eigenvalue weighted by atomic mass is 19.3. The van der Waals surface area contributed by atoms with E-state index in [1.807, 2.05) is 6.92 Å². The molecular formula is C22H32F2N2O3. The van der Waals surface area contributed by atoms with Gasteiger partial charge < -0.3 is 14.8 Å². The standard InChI is InChI=1S/C22H32F2N2O3/c1-6-8-17(20(3,4)5)25-18(7-2)26-19(27)21(11-12-21)14-9-10-15-16(13-14)29-22(23,24)28-15/h9-10,13,17-18,25H,6-8,11-12H2,1-5H3,(H,26,27). The van der Waals surface area contributed by atoms with E-state index >= 15 is 0 Å². The van der Waals surface area contributed by atoms with Crippen LogP contribution in [-0.4, -0.2) is 24.4 Å². The van der Waals surface area contributed by atoms with Crippen LogP contribution in [0.3, 0.4) is 0 Å². The molecule has 1 aliphatic heterocycles. The normalized spacial score (nSPS) is 20.8. The molecule has 1 aromatic rings. The van der Waals surface area contributed by atoms with Gasteiger partial charge in [0.15, 0.2) is 11.5 Å². The van der Waals surface area contributed by atoms with Crippen molar-refractivity contribution in [1.82, 2.24) is 10.6 Å². The van der Waals surface area contributed by atoms with Gasteiger partial charge in [-0.2, -0.15) is 0 Å². The van der Waals surface area contributed by atoms with E-state index in [-0.39, 0.29) is 35.0 Å². The van der Waals surface area contributed by atoms with Crippen molar-refractivity contribution < 1.29 is 23.0 Å². The number of benzene rings is 1. The summed E-state index contributed by atoms with van der Waals surface area (Å²) in [7, 11) is 0. The molecule has 2 N–H and O–H groups in total. The van der Waals surface area contributed by atoms with E-state index < -0.39 is 11.7 Å². The lowest BCUT2D eigenvalue weighted by atomic mass is 9.84. The second-order valence-corrected chi connectivity index (χ2v) is 9.22. The fraction of sp³-hybridized carbons (Fsp3) is 0.682. The van der Waals surface area contributed by atoms with Crippen LogP contribution in [0.4, 0.5) is 8.78 Å². The quantitative estimate of drug-likeness (QED) is 0.610. The molecule has 2 unspecified atom stereocenters. The Kier molecular flexibility index (Phi) is 5.82. The molecule has 1 aliphatic carbocycles. The molecule has 1 amide bonds. The van der Waals surface area contributed by atoms with Crippen molar-refractivity contribution in [1.29, 1.82) is 0 Å². The van der Waals surface area contributed by atoms with Crippen LogP contribution in [0.25, 0.3) is 0 Å². The summed E-state index contributed by atoms with van der Waals surface area (Å²) in [4.78, 5) is 13.1. The Morgan fingerprint density at radius 3 is 2.38 bits per heavy atom. The molecule has 2 aliphatic rings. The topological polar surface area (TPSA) is 59.6 Å². The van der Waals surface area contributed by atoms with Gasteiger partial charge in [-0.15, -0.1) is 8.78 Å².